The second-order valence-corrected chi connectivity index (χ2v) is 4.17. The first-order valence-corrected chi connectivity index (χ1v) is 5.63. The van der Waals surface area contributed by atoms with Gasteiger partial charge in [0, 0.05) is 0 Å². The minimum Gasteiger partial charge on any atom is -0.368 e. The number of benzene rings is 1. The summed E-state index contributed by atoms with van der Waals surface area (Å²) >= 11 is 0. The lowest BCUT2D eigenvalue weighted by Crippen LogP contribution is -2.02. The molecule has 4 N–H and O–H groups in total. The lowest BCUT2D eigenvalue weighted by molar-refractivity contribution is 0.630. The lowest BCUT2D eigenvalue weighted by Gasteiger charge is -2.08. The third-order valence-electron chi connectivity index (χ3n) is 2.70. The lowest BCUT2D eigenvalue weighted by atomic mass is 10.2. The van der Waals surface area contributed by atoms with Gasteiger partial charge in [-0.05, 0) is 24.6 Å². The summed E-state index contributed by atoms with van der Waals surface area (Å²) in [5.74, 6) is 0.152. The number of aryl methyl sites for hydroxylation is 1. The number of fused-ring (bicyclic) bond motifs is 1. The molecule has 3 rings (SSSR count). The first-order chi connectivity index (χ1) is 9.13. The zero-order valence-electron chi connectivity index (χ0n) is 10.1. The van der Waals surface area contributed by atoms with Crippen LogP contribution >= 0.6 is 0 Å². The van der Waals surface area contributed by atoms with E-state index >= 15 is 0 Å². The topological polar surface area (TPSA) is 92.5 Å². The molecule has 0 saturated carbocycles. The Morgan fingerprint density at radius 1 is 1.32 bits per heavy atom. The summed E-state index contributed by atoms with van der Waals surface area (Å²) in [7, 11) is 0. The highest BCUT2D eigenvalue weighted by Crippen LogP contribution is 2.25. The van der Waals surface area contributed by atoms with Crippen molar-refractivity contribution in [3.05, 3.63) is 35.8 Å². The van der Waals surface area contributed by atoms with Crippen molar-refractivity contribution in [3.8, 4) is 0 Å². The number of nitrogens with one attached hydrogen (secondary N) is 2. The van der Waals surface area contributed by atoms with Gasteiger partial charge in [-0.1, -0.05) is 6.07 Å². The van der Waals surface area contributed by atoms with E-state index in [9.17, 15) is 4.39 Å². The van der Waals surface area contributed by atoms with Crippen LogP contribution in [-0.4, -0.2) is 20.2 Å². The van der Waals surface area contributed by atoms with E-state index in [-0.39, 0.29) is 11.8 Å². The fourth-order valence-electron chi connectivity index (χ4n) is 1.80. The smallest absolute Gasteiger partial charge is 0.224 e. The molecule has 0 aliphatic rings. The molecule has 0 amide bonds. The number of nitrogens with two attached hydrogens (primary N) is 1. The van der Waals surface area contributed by atoms with Crippen molar-refractivity contribution < 1.29 is 4.39 Å². The molecule has 0 bridgehead atoms. The van der Waals surface area contributed by atoms with Crippen molar-refractivity contribution in [1.29, 1.82) is 0 Å². The number of hydrogen-bond acceptors (Lipinski definition) is 5. The molecule has 0 aliphatic carbocycles. The van der Waals surface area contributed by atoms with Gasteiger partial charge in [0.2, 0.25) is 5.95 Å². The van der Waals surface area contributed by atoms with E-state index in [1.165, 1.54) is 6.07 Å². The van der Waals surface area contributed by atoms with E-state index in [4.69, 9.17) is 5.73 Å². The Bertz CT molecular complexity index is 751. The first kappa shape index (κ1) is 11.4. The Kier molecular flexibility index (Phi) is 2.52. The van der Waals surface area contributed by atoms with Gasteiger partial charge in [-0.15, -0.1) is 0 Å². The van der Waals surface area contributed by atoms with Gasteiger partial charge in [-0.2, -0.15) is 15.1 Å². The fourth-order valence-corrected chi connectivity index (χ4v) is 1.80. The van der Waals surface area contributed by atoms with Crippen LogP contribution in [0.2, 0.25) is 0 Å². The summed E-state index contributed by atoms with van der Waals surface area (Å²) in [5.41, 5.74) is 7.27. The second kappa shape index (κ2) is 4.20. The number of H-pyrrole nitrogens is 1. The van der Waals surface area contributed by atoms with Crippen LogP contribution in [0.5, 0.6) is 0 Å². The average molecular weight is 258 g/mol. The first-order valence-electron chi connectivity index (χ1n) is 5.63. The van der Waals surface area contributed by atoms with Gasteiger partial charge >= 0.3 is 0 Å². The number of nitrogens with zero attached hydrogens (tertiary/aromatic N) is 3. The van der Waals surface area contributed by atoms with E-state index < -0.39 is 0 Å². The molecule has 96 valence electrons. The average Bonchev–Trinajstić information content (AvgIpc) is 2.80. The molecule has 0 spiro atoms. The second-order valence-electron chi connectivity index (χ2n) is 4.17. The molecule has 0 atom stereocenters. The number of rotatable bonds is 2. The quantitative estimate of drug-likeness (QED) is 0.654. The van der Waals surface area contributed by atoms with Gasteiger partial charge in [-0.25, -0.2) is 4.39 Å². The van der Waals surface area contributed by atoms with Crippen molar-refractivity contribution in [2.75, 3.05) is 11.1 Å². The van der Waals surface area contributed by atoms with E-state index in [1.807, 2.05) is 13.0 Å². The molecular weight excluding hydrogens is 247 g/mol. The highest BCUT2D eigenvalue weighted by atomic mass is 19.1. The normalized spacial score (nSPS) is 10.8. The minimum absolute atomic E-state index is 0.0896. The number of aromatic nitrogens is 4. The molecule has 2 heterocycles. The van der Waals surface area contributed by atoms with Crippen LogP contribution in [0.3, 0.4) is 0 Å². The molecule has 7 heteroatoms. The number of hydrogen-bond donors (Lipinski definition) is 3. The predicted octanol–water partition coefficient (Wildman–Crippen LogP) is 2.13. The van der Waals surface area contributed by atoms with Crippen LogP contribution in [0.4, 0.5) is 21.8 Å². The SMILES string of the molecule is Cc1ccc(Nc2nc(N)nc3[nH]ncc23)c(F)c1. The molecule has 0 fully saturated rings. The maximum atomic E-state index is 13.8. The molecule has 2 aromatic heterocycles. The van der Waals surface area contributed by atoms with E-state index in [2.05, 4.69) is 25.5 Å². The third kappa shape index (κ3) is 2.05. The van der Waals surface area contributed by atoms with Crippen molar-refractivity contribution in [3.63, 3.8) is 0 Å². The summed E-state index contributed by atoms with van der Waals surface area (Å²) < 4.78 is 13.8. The molecule has 6 nitrogen and oxygen atoms in total. The molecular formula is C12H11FN6. The zero-order valence-corrected chi connectivity index (χ0v) is 10.1. The van der Waals surface area contributed by atoms with Gasteiger partial charge in [0.1, 0.15) is 11.6 Å². The standard InChI is InChI=1S/C12H11FN6/c1-6-2-3-9(8(13)4-6)16-10-7-5-15-19-11(7)18-12(14)17-10/h2-5H,1H3,(H4,14,15,16,17,18,19). The molecule has 0 saturated heterocycles. The van der Waals surface area contributed by atoms with Gasteiger partial charge in [0.15, 0.2) is 5.65 Å². The Labute approximate surface area is 107 Å². The largest absolute Gasteiger partial charge is 0.368 e. The Balaban J connectivity index is 2.07. The van der Waals surface area contributed by atoms with Crippen molar-refractivity contribution in [1.82, 2.24) is 20.2 Å². The summed E-state index contributed by atoms with van der Waals surface area (Å²) in [6.45, 7) is 1.82. The summed E-state index contributed by atoms with van der Waals surface area (Å²) in [4.78, 5) is 8.05. The van der Waals surface area contributed by atoms with Gasteiger partial charge in [-0.3, -0.25) is 5.10 Å². The highest BCUT2D eigenvalue weighted by Gasteiger charge is 2.10. The van der Waals surface area contributed by atoms with Crippen LogP contribution in [0.25, 0.3) is 11.0 Å². The van der Waals surface area contributed by atoms with Gasteiger partial charge in [0.25, 0.3) is 0 Å². The Hall–Kier alpha value is -2.70. The summed E-state index contributed by atoms with van der Waals surface area (Å²) in [6.07, 6.45) is 1.56. The number of halogens is 1. The van der Waals surface area contributed by atoms with Crippen molar-refractivity contribution in [2.24, 2.45) is 0 Å². The minimum atomic E-state index is -0.353. The number of anilines is 3. The predicted molar refractivity (Wildman–Crippen MR) is 70.5 cm³/mol. The fraction of sp³-hybridized carbons (Fsp3) is 0.0833. The maximum absolute atomic E-state index is 13.8. The maximum Gasteiger partial charge on any atom is 0.224 e. The molecule has 0 radical (unpaired) electrons. The van der Waals surface area contributed by atoms with Crippen molar-refractivity contribution >= 4 is 28.5 Å². The monoisotopic (exact) mass is 258 g/mol. The van der Waals surface area contributed by atoms with Crippen LogP contribution in [-0.2, 0) is 0 Å². The Morgan fingerprint density at radius 3 is 2.95 bits per heavy atom. The van der Waals surface area contributed by atoms with Crippen LogP contribution < -0.4 is 11.1 Å². The number of nitrogen functional groups attached to an aromatic ring is 1. The van der Waals surface area contributed by atoms with Gasteiger partial charge in [0.05, 0.1) is 17.3 Å². The van der Waals surface area contributed by atoms with Crippen molar-refractivity contribution in [2.45, 2.75) is 6.92 Å². The molecule has 3 aromatic rings. The third-order valence-corrected chi connectivity index (χ3v) is 2.70. The zero-order chi connectivity index (χ0) is 13.4. The van der Waals surface area contributed by atoms with Crippen LogP contribution in [0, 0.1) is 12.7 Å². The van der Waals surface area contributed by atoms with E-state index in [0.29, 0.717) is 22.5 Å². The van der Waals surface area contributed by atoms with E-state index in [0.717, 1.165) is 5.56 Å². The molecule has 0 unspecified atom stereocenters. The van der Waals surface area contributed by atoms with Crippen LogP contribution in [0.1, 0.15) is 5.56 Å². The Morgan fingerprint density at radius 2 is 2.16 bits per heavy atom. The summed E-state index contributed by atoms with van der Waals surface area (Å²) in [5, 5.41) is 10.1. The molecule has 19 heavy (non-hydrogen) atoms. The number of aromatic amines is 1. The molecule has 1 aromatic carbocycles. The van der Waals surface area contributed by atoms with Gasteiger partial charge < -0.3 is 11.1 Å². The summed E-state index contributed by atoms with van der Waals surface area (Å²) in [6, 6.07) is 4.90. The van der Waals surface area contributed by atoms with Crippen LogP contribution in [0.15, 0.2) is 24.4 Å². The van der Waals surface area contributed by atoms with E-state index in [1.54, 1.807) is 12.3 Å². The highest BCUT2D eigenvalue weighted by molar-refractivity contribution is 5.88. The molecule has 0 aliphatic heterocycles.